The van der Waals surface area contributed by atoms with E-state index >= 15 is 0 Å². The fourth-order valence-electron chi connectivity index (χ4n) is 2.30. The minimum atomic E-state index is -0.155. The topological polar surface area (TPSA) is 55.1 Å². The van der Waals surface area contributed by atoms with Crippen molar-refractivity contribution >= 4 is 28.1 Å². The van der Waals surface area contributed by atoms with Gasteiger partial charge in [-0.05, 0) is 47.5 Å². The van der Waals surface area contributed by atoms with Gasteiger partial charge in [0.15, 0.2) is 0 Å². The molecule has 0 aliphatic carbocycles. The molecule has 0 heterocycles. The minimum Gasteiger partial charge on any atom is -0.397 e. The van der Waals surface area contributed by atoms with Crippen molar-refractivity contribution in [2.75, 3.05) is 11.1 Å². The molecule has 0 fully saturated rings. The molecule has 3 heteroatoms. The van der Waals surface area contributed by atoms with Crippen molar-refractivity contribution in [3.8, 4) is 0 Å². The predicted octanol–water partition coefficient (Wildman–Crippen LogP) is 3.98. The van der Waals surface area contributed by atoms with Crippen LogP contribution < -0.4 is 11.1 Å². The summed E-state index contributed by atoms with van der Waals surface area (Å²) in [5.74, 6) is -0.155. The lowest BCUT2D eigenvalue weighted by Gasteiger charge is -2.09. The van der Waals surface area contributed by atoms with E-state index in [4.69, 9.17) is 5.73 Å². The molecule has 0 aliphatic rings. The molecule has 0 aliphatic heterocycles. The summed E-state index contributed by atoms with van der Waals surface area (Å²) in [4.78, 5) is 12.4. The van der Waals surface area contributed by atoms with Gasteiger partial charge in [-0.25, -0.2) is 0 Å². The predicted molar refractivity (Wildman–Crippen MR) is 87.5 cm³/mol. The Morgan fingerprint density at radius 1 is 0.952 bits per heavy atom. The number of carbonyl (C=O) groups is 1. The number of rotatable bonds is 2. The Labute approximate surface area is 123 Å². The Morgan fingerprint density at radius 2 is 1.71 bits per heavy atom. The van der Waals surface area contributed by atoms with Crippen LogP contribution in [0.25, 0.3) is 10.8 Å². The second-order valence-electron chi connectivity index (χ2n) is 5.11. The van der Waals surface area contributed by atoms with Gasteiger partial charge in [-0.1, -0.05) is 36.4 Å². The first-order valence-electron chi connectivity index (χ1n) is 6.80. The van der Waals surface area contributed by atoms with Gasteiger partial charge < -0.3 is 11.1 Å². The number of nitrogens with one attached hydrogen (secondary N) is 1. The minimum absolute atomic E-state index is 0.155. The van der Waals surface area contributed by atoms with Gasteiger partial charge in [-0.3, -0.25) is 4.79 Å². The molecular weight excluding hydrogens is 260 g/mol. The van der Waals surface area contributed by atoms with E-state index in [1.165, 1.54) is 0 Å². The van der Waals surface area contributed by atoms with E-state index in [-0.39, 0.29) is 5.91 Å². The van der Waals surface area contributed by atoms with Crippen molar-refractivity contribution in [2.45, 2.75) is 6.92 Å². The van der Waals surface area contributed by atoms with E-state index in [1.807, 2.05) is 61.5 Å². The molecule has 0 atom stereocenters. The lowest BCUT2D eigenvalue weighted by molar-refractivity contribution is 0.102. The Morgan fingerprint density at radius 3 is 2.52 bits per heavy atom. The van der Waals surface area contributed by atoms with Crippen LogP contribution in [0.5, 0.6) is 0 Å². The molecule has 3 rings (SSSR count). The molecular formula is C18H16N2O. The zero-order valence-corrected chi connectivity index (χ0v) is 11.8. The summed E-state index contributed by atoms with van der Waals surface area (Å²) in [5, 5.41) is 5.03. The summed E-state index contributed by atoms with van der Waals surface area (Å²) in [6, 6.07) is 19.2. The number of aryl methyl sites for hydroxylation is 1. The molecule has 0 spiro atoms. The van der Waals surface area contributed by atoms with Crippen molar-refractivity contribution in [1.29, 1.82) is 0 Å². The maximum absolute atomic E-state index is 12.4. The van der Waals surface area contributed by atoms with Gasteiger partial charge in [0.1, 0.15) is 0 Å². The molecule has 3 N–H and O–H groups in total. The summed E-state index contributed by atoms with van der Waals surface area (Å²) in [6.07, 6.45) is 0. The fourth-order valence-corrected chi connectivity index (χ4v) is 2.30. The molecule has 21 heavy (non-hydrogen) atoms. The SMILES string of the molecule is Cc1ccc(N)c(NC(=O)c2ccc3ccccc3c2)c1. The van der Waals surface area contributed by atoms with Gasteiger partial charge in [-0.15, -0.1) is 0 Å². The third-order valence-corrected chi connectivity index (χ3v) is 3.47. The van der Waals surface area contributed by atoms with Crippen LogP contribution in [-0.4, -0.2) is 5.91 Å². The Balaban J connectivity index is 1.91. The molecule has 0 saturated carbocycles. The average Bonchev–Trinajstić information content (AvgIpc) is 2.50. The van der Waals surface area contributed by atoms with Gasteiger partial charge in [0.25, 0.3) is 5.91 Å². The van der Waals surface area contributed by atoms with Crippen LogP contribution in [0.3, 0.4) is 0 Å². The van der Waals surface area contributed by atoms with Gasteiger partial charge in [0.2, 0.25) is 0 Å². The number of nitrogens with two attached hydrogens (primary N) is 1. The van der Waals surface area contributed by atoms with Crippen LogP contribution in [0.15, 0.2) is 60.7 Å². The molecule has 0 unspecified atom stereocenters. The van der Waals surface area contributed by atoms with Crippen LogP contribution in [0.2, 0.25) is 0 Å². The van der Waals surface area contributed by atoms with Crippen molar-refractivity contribution < 1.29 is 4.79 Å². The van der Waals surface area contributed by atoms with Crippen molar-refractivity contribution in [3.63, 3.8) is 0 Å². The highest BCUT2D eigenvalue weighted by Gasteiger charge is 2.09. The zero-order chi connectivity index (χ0) is 14.8. The molecule has 3 aromatic carbocycles. The molecule has 0 aromatic heterocycles. The number of hydrogen-bond acceptors (Lipinski definition) is 2. The highest BCUT2D eigenvalue weighted by Crippen LogP contribution is 2.21. The lowest BCUT2D eigenvalue weighted by atomic mass is 10.1. The first kappa shape index (κ1) is 13.2. The third kappa shape index (κ3) is 2.72. The van der Waals surface area contributed by atoms with E-state index in [1.54, 1.807) is 6.07 Å². The molecule has 0 radical (unpaired) electrons. The molecule has 0 bridgehead atoms. The maximum atomic E-state index is 12.4. The molecule has 3 nitrogen and oxygen atoms in total. The summed E-state index contributed by atoms with van der Waals surface area (Å²) in [5.41, 5.74) is 8.78. The quantitative estimate of drug-likeness (QED) is 0.695. The third-order valence-electron chi connectivity index (χ3n) is 3.47. The summed E-state index contributed by atoms with van der Waals surface area (Å²) < 4.78 is 0. The number of benzene rings is 3. The number of fused-ring (bicyclic) bond motifs is 1. The maximum Gasteiger partial charge on any atom is 0.255 e. The second kappa shape index (κ2) is 5.29. The number of anilines is 2. The van der Waals surface area contributed by atoms with E-state index in [0.29, 0.717) is 16.9 Å². The van der Waals surface area contributed by atoms with Crippen LogP contribution >= 0.6 is 0 Å². The number of nitrogen functional groups attached to an aromatic ring is 1. The van der Waals surface area contributed by atoms with Gasteiger partial charge >= 0.3 is 0 Å². The van der Waals surface area contributed by atoms with E-state index < -0.39 is 0 Å². The van der Waals surface area contributed by atoms with Gasteiger partial charge in [-0.2, -0.15) is 0 Å². The Hall–Kier alpha value is -2.81. The summed E-state index contributed by atoms with van der Waals surface area (Å²) in [7, 11) is 0. The zero-order valence-electron chi connectivity index (χ0n) is 11.8. The smallest absolute Gasteiger partial charge is 0.255 e. The van der Waals surface area contributed by atoms with Crippen molar-refractivity contribution in [1.82, 2.24) is 0 Å². The van der Waals surface area contributed by atoms with Crippen LogP contribution in [0.1, 0.15) is 15.9 Å². The van der Waals surface area contributed by atoms with Crippen LogP contribution in [0.4, 0.5) is 11.4 Å². The van der Waals surface area contributed by atoms with Gasteiger partial charge in [0, 0.05) is 5.56 Å². The monoisotopic (exact) mass is 276 g/mol. The standard InChI is InChI=1S/C18H16N2O/c1-12-6-9-16(19)17(10-12)20-18(21)15-8-7-13-4-2-3-5-14(13)11-15/h2-11H,19H2,1H3,(H,20,21). The lowest BCUT2D eigenvalue weighted by Crippen LogP contribution is -2.13. The Kier molecular flexibility index (Phi) is 3.32. The largest absolute Gasteiger partial charge is 0.397 e. The molecule has 3 aromatic rings. The second-order valence-corrected chi connectivity index (χ2v) is 5.11. The highest BCUT2D eigenvalue weighted by molar-refractivity contribution is 6.07. The summed E-state index contributed by atoms with van der Waals surface area (Å²) in [6.45, 7) is 1.96. The first-order valence-corrected chi connectivity index (χ1v) is 6.80. The normalized spacial score (nSPS) is 10.5. The van der Waals surface area contributed by atoms with Crippen LogP contribution in [-0.2, 0) is 0 Å². The highest BCUT2D eigenvalue weighted by atomic mass is 16.1. The van der Waals surface area contributed by atoms with Crippen molar-refractivity contribution in [2.24, 2.45) is 0 Å². The molecule has 0 saturated heterocycles. The van der Waals surface area contributed by atoms with E-state index in [2.05, 4.69) is 5.32 Å². The number of hydrogen-bond donors (Lipinski definition) is 2. The summed E-state index contributed by atoms with van der Waals surface area (Å²) >= 11 is 0. The number of amides is 1. The first-order chi connectivity index (χ1) is 10.1. The van der Waals surface area contributed by atoms with Crippen molar-refractivity contribution in [3.05, 3.63) is 71.8 Å². The van der Waals surface area contributed by atoms with Crippen LogP contribution in [0, 0.1) is 6.92 Å². The Bertz CT molecular complexity index is 824. The van der Waals surface area contributed by atoms with E-state index in [9.17, 15) is 4.79 Å². The average molecular weight is 276 g/mol. The fraction of sp³-hybridized carbons (Fsp3) is 0.0556. The molecule has 1 amide bonds. The van der Waals surface area contributed by atoms with E-state index in [0.717, 1.165) is 16.3 Å². The van der Waals surface area contributed by atoms with Gasteiger partial charge in [0.05, 0.1) is 11.4 Å². The molecule has 104 valence electrons. The number of carbonyl (C=O) groups excluding carboxylic acids is 1.